The van der Waals surface area contributed by atoms with Crippen molar-refractivity contribution in [1.29, 1.82) is 0 Å². The van der Waals surface area contributed by atoms with E-state index in [1.807, 2.05) is 30.3 Å². The van der Waals surface area contributed by atoms with Gasteiger partial charge in [0, 0.05) is 38.2 Å². The Morgan fingerprint density at radius 1 is 1.05 bits per heavy atom. The van der Waals surface area contributed by atoms with Crippen LogP contribution in [-0.4, -0.2) is 62.1 Å². The summed E-state index contributed by atoms with van der Waals surface area (Å²) in [7, 11) is -3.34. The van der Waals surface area contributed by atoms with Crippen molar-refractivity contribution in [1.82, 2.24) is 9.21 Å². The van der Waals surface area contributed by atoms with Crippen LogP contribution >= 0.6 is 0 Å². The Morgan fingerprint density at radius 2 is 1.73 bits per heavy atom. The SMILES string of the molecule is O=S(=O)(/C=C/c1ccccc1)N1CCN(CCCCO)CC1. The summed E-state index contributed by atoms with van der Waals surface area (Å²) in [6, 6.07) is 9.44. The van der Waals surface area contributed by atoms with Crippen LogP contribution in [0.3, 0.4) is 0 Å². The molecule has 1 fully saturated rings. The number of piperazine rings is 1. The van der Waals surface area contributed by atoms with Crippen molar-refractivity contribution in [3.05, 3.63) is 41.3 Å². The third-order valence-corrected chi connectivity index (χ3v) is 5.37. The Hall–Kier alpha value is -1.21. The van der Waals surface area contributed by atoms with Gasteiger partial charge in [-0.2, -0.15) is 4.31 Å². The second-order valence-electron chi connectivity index (χ2n) is 5.43. The molecule has 0 saturated carbocycles. The van der Waals surface area contributed by atoms with Crippen molar-refractivity contribution < 1.29 is 13.5 Å². The summed E-state index contributed by atoms with van der Waals surface area (Å²) >= 11 is 0. The molecule has 6 heteroatoms. The maximum atomic E-state index is 12.3. The maximum Gasteiger partial charge on any atom is 0.236 e. The molecule has 1 aliphatic heterocycles. The summed E-state index contributed by atoms with van der Waals surface area (Å²) in [6.45, 7) is 3.71. The van der Waals surface area contributed by atoms with E-state index in [4.69, 9.17) is 5.11 Å². The van der Waals surface area contributed by atoms with Gasteiger partial charge in [0.15, 0.2) is 0 Å². The first-order valence-corrected chi connectivity index (χ1v) is 9.18. The number of unbranched alkanes of at least 4 members (excludes halogenated alkanes) is 1. The fourth-order valence-electron chi connectivity index (χ4n) is 2.47. The number of rotatable bonds is 7. The predicted octanol–water partition coefficient (Wildman–Crippen LogP) is 1.38. The number of hydrogen-bond acceptors (Lipinski definition) is 4. The summed E-state index contributed by atoms with van der Waals surface area (Å²) in [5.74, 6) is 0. The number of hydrogen-bond donors (Lipinski definition) is 1. The number of sulfonamides is 1. The molecule has 0 bridgehead atoms. The van der Waals surface area contributed by atoms with Gasteiger partial charge in [-0.15, -0.1) is 0 Å². The summed E-state index contributed by atoms with van der Waals surface area (Å²) in [5, 5.41) is 10.1. The minimum Gasteiger partial charge on any atom is -0.396 e. The van der Waals surface area contributed by atoms with E-state index in [1.165, 1.54) is 9.71 Å². The van der Waals surface area contributed by atoms with Crippen LogP contribution in [0.15, 0.2) is 35.7 Å². The Morgan fingerprint density at radius 3 is 2.36 bits per heavy atom. The number of aliphatic hydroxyl groups excluding tert-OH is 1. The van der Waals surface area contributed by atoms with E-state index in [0.29, 0.717) is 13.1 Å². The van der Waals surface area contributed by atoms with Crippen LogP contribution in [-0.2, 0) is 10.0 Å². The molecule has 0 atom stereocenters. The Labute approximate surface area is 132 Å². The summed E-state index contributed by atoms with van der Waals surface area (Å²) in [4.78, 5) is 2.25. The molecule has 0 amide bonds. The molecule has 1 heterocycles. The standard InChI is InChI=1S/C16H24N2O3S/c19-14-5-4-9-17-10-12-18(13-11-17)22(20,21)15-8-16-6-2-1-3-7-16/h1-3,6-8,15,19H,4-5,9-14H2/b15-8+. The lowest BCUT2D eigenvalue weighted by Crippen LogP contribution is -2.48. The van der Waals surface area contributed by atoms with Gasteiger partial charge in [0.1, 0.15) is 0 Å². The van der Waals surface area contributed by atoms with Crippen LogP contribution < -0.4 is 0 Å². The zero-order valence-electron chi connectivity index (χ0n) is 12.8. The fraction of sp³-hybridized carbons (Fsp3) is 0.500. The van der Waals surface area contributed by atoms with Gasteiger partial charge in [-0.25, -0.2) is 8.42 Å². The average molecular weight is 324 g/mol. The smallest absolute Gasteiger partial charge is 0.236 e. The monoisotopic (exact) mass is 324 g/mol. The highest BCUT2D eigenvalue weighted by Gasteiger charge is 2.24. The Balaban J connectivity index is 1.85. The van der Waals surface area contributed by atoms with Crippen molar-refractivity contribution in [3.8, 4) is 0 Å². The van der Waals surface area contributed by atoms with Crippen molar-refractivity contribution >= 4 is 16.1 Å². The highest BCUT2D eigenvalue weighted by molar-refractivity contribution is 7.92. The minimum atomic E-state index is -3.34. The average Bonchev–Trinajstić information content (AvgIpc) is 2.55. The van der Waals surface area contributed by atoms with Gasteiger partial charge in [0.25, 0.3) is 0 Å². The number of benzene rings is 1. The van der Waals surface area contributed by atoms with Gasteiger partial charge in [0.2, 0.25) is 10.0 Å². The second-order valence-corrected chi connectivity index (χ2v) is 7.25. The molecule has 0 aromatic heterocycles. The van der Waals surface area contributed by atoms with Crippen LogP contribution in [0.25, 0.3) is 6.08 Å². The molecule has 0 aliphatic carbocycles. The molecular weight excluding hydrogens is 300 g/mol. The third kappa shape index (κ3) is 5.21. The first kappa shape index (κ1) is 17.1. The van der Waals surface area contributed by atoms with Gasteiger partial charge >= 0.3 is 0 Å². The minimum absolute atomic E-state index is 0.221. The molecule has 0 radical (unpaired) electrons. The summed E-state index contributed by atoms with van der Waals surface area (Å²) in [6.07, 6.45) is 3.40. The van der Waals surface area contributed by atoms with Gasteiger partial charge < -0.3 is 10.0 Å². The zero-order valence-corrected chi connectivity index (χ0v) is 13.6. The van der Waals surface area contributed by atoms with Crippen LogP contribution in [0.1, 0.15) is 18.4 Å². The fourth-order valence-corrected chi connectivity index (χ4v) is 3.64. The van der Waals surface area contributed by atoms with E-state index in [2.05, 4.69) is 4.90 Å². The van der Waals surface area contributed by atoms with Gasteiger partial charge in [0.05, 0.1) is 0 Å². The molecule has 1 aromatic carbocycles. The molecule has 1 aromatic rings. The van der Waals surface area contributed by atoms with E-state index in [0.717, 1.165) is 38.0 Å². The van der Waals surface area contributed by atoms with Crippen molar-refractivity contribution in [2.24, 2.45) is 0 Å². The molecule has 1 saturated heterocycles. The highest BCUT2D eigenvalue weighted by Crippen LogP contribution is 2.12. The first-order valence-electron chi connectivity index (χ1n) is 7.68. The largest absolute Gasteiger partial charge is 0.396 e. The van der Waals surface area contributed by atoms with Gasteiger partial charge in [-0.05, 0) is 31.0 Å². The molecule has 5 nitrogen and oxygen atoms in total. The Bertz CT molecular complexity index is 564. The van der Waals surface area contributed by atoms with Crippen LogP contribution in [0.5, 0.6) is 0 Å². The molecule has 1 N–H and O–H groups in total. The van der Waals surface area contributed by atoms with E-state index in [9.17, 15) is 8.42 Å². The predicted molar refractivity (Wildman–Crippen MR) is 88.7 cm³/mol. The second kappa shape index (κ2) is 8.43. The maximum absolute atomic E-state index is 12.3. The van der Waals surface area contributed by atoms with Crippen LogP contribution in [0, 0.1) is 0 Å². The highest BCUT2D eigenvalue weighted by atomic mass is 32.2. The Kier molecular flexibility index (Phi) is 6.57. The van der Waals surface area contributed by atoms with E-state index in [-0.39, 0.29) is 6.61 Å². The molecule has 2 rings (SSSR count). The first-order chi connectivity index (χ1) is 10.6. The van der Waals surface area contributed by atoms with Gasteiger partial charge in [-0.1, -0.05) is 30.3 Å². The normalized spacial score (nSPS) is 18.0. The molecular formula is C16H24N2O3S. The van der Waals surface area contributed by atoms with Crippen molar-refractivity contribution in [3.63, 3.8) is 0 Å². The van der Waals surface area contributed by atoms with Crippen molar-refractivity contribution in [2.75, 3.05) is 39.3 Å². The molecule has 1 aliphatic rings. The molecule has 0 unspecified atom stereocenters. The third-order valence-electron chi connectivity index (χ3n) is 3.81. The van der Waals surface area contributed by atoms with Crippen LogP contribution in [0.2, 0.25) is 0 Å². The lowest BCUT2D eigenvalue weighted by Gasteiger charge is -2.33. The van der Waals surface area contributed by atoms with Crippen LogP contribution in [0.4, 0.5) is 0 Å². The number of nitrogens with zero attached hydrogens (tertiary/aromatic N) is 2. The lowest BCUT2D eigenvalue weighted by molar-refractivity contribution is 0.181. The quantitative estimate of drug-likeness (QED) is 0.770. The zero-order chi connectivity index (χ0) is 15.8. The number of aliphatic hydroxyl groups is 1. The van der Waals surface area contributed by atoms with Gasteiger partial charge in [-0.3, -0.25) is 0 Å². The molecule has 122 valence electrons. The van der Waals surface area contributed by atoms with Crippen molar-refractivity contribution in [2.45, 2.75) is 12.8 Å². The topological polar surface area (TPSA) is 60.9 Å². The molecule has 22 heavy (non-hydrogen) atoms. The summed E-state index contributed by atoms with van der Waals surface area (Å²) < 4.78 is 26.2. The van der Waals surface area contributed by atoms with E-state index >= 15 is 0 Å². The summed E-state index contributed by atoms with van der Waals surface area (Å²) in [5.41, 5.74) is 0.883. The molecule has 0 spiro atoms. The van der Waals surface area contributed by atoms with E-state index < -0.39 is 10.0 Å². The lowest BCUT2D eigenvalue weighted by atomic mass is 10.2. The van der Waals surface area contributed by atoms with E-state index in [1.54, 1.807) is 6.08 Å².